The number of nitrogens with zero attached hydrogens (tertiary/aromatic N) is 3. The molecule has 0 spiro atoms. The van der Waals surface area contributed by atoms with Gasteiger partial charge in [0.1, 0.15) is 16.6 Å². The summed E-state index contributed by atoms with van der Waals surface area (Å²) in [5.41, 5.74) is 4.29. The number of benzene rings is 2. The first kappa shape index (κ1) is 30.6. The zero-order valence-corrected chi connectivity index (χ0v) is 27.2. The molecule has 230 valence electrons. The van der Waals surface area contributed by atoms with Gasteiger partial charge in [-0.1, -0.05) is 18.2 Å². The summed E-state index contributed by atoms with van der Waals surface area (Å²) < 4.78 is 13.1. The second kappa shape index (κ2) is 11.3. The monoisotopic (exact) mass is 605 g/mol. The maximum absolute atomic E-state index is 13.0. The summed E-state index contributed by atoms with van der Waals surface area (Å²) in [5.74, 6) is -0.379. The van der Waals surface area contributed by atoms with Crippen LogP contribution in [0.4, 0.5) is 15.3 Å². The maximum Gasteiger partial charge on any atom is 0.410 e. The predicted octanol–water partition coefficient (Wildman–Crippen LogP) is 5.85. The number of ether oxygens (including phenoxy) is 2. The van der Waals surface area contributed by atoms with Gasteiger partial charge in [-0.25, -0.2) is 14.6 Å². The van der Waals surface area contributed by atoms with Crippen molar-refractivity contribution in [2.45, 2.75) is 78.2 Å². The minimum absolute atomic E-state index is 0.102. The predicted molar refractivity (Wildman–Crippen MR) is 170 cm³/mol. The van der Waals surface area contributed by atoms with Crippen LogP contribution in [0, 0.1) is 5.92 Å². The third-order valence-electron chi connectivity index (χ3n) is 7.94. The molecule has 2 aromatic carbocycles. The Morgan fingerprint density at radius 1 is 0.930 bits per heavy atom. The van der Waals surface area contributed by atoms with E-state index in [1.165, 1.54) is 0 Å². The fourth-order valence-corrected chi connectivity index (χ4v) is 9.19. The largest absolute Gasteiger partial charge is 0.444 e. The van der Waals surface area contributed by atoms with E-state index < -0.39 is 19.4 Å². The van der Waals surface area contributed by atoms with Crippen molar-refractivity contribution in [2.75, 3.05) is 25.0 Å². The van der Waals surface area contributed by atoms with E-state index in [1.54, 1.807) is 4.90 Å². The number of rotatable bonds is 4. The van der Waals surface area contributed by atoms with Gasteiger partial charge in [-0.3, -0.25) is 4.79 Å². The van der Waals surface area contributed by atoms with Crippen LogP contribution in [0.5, 0.6) is 0 Å². The molecule has 2 unspecified atom stereocenters. The van der Waals surface area contributed by atoms with E-state index in [2.05, 4.69) is 22.9 Å². The molecular formula is C32H43N5O5Si. The van der Waals surface area contributed by atoms with E-state index in [0.29, 0.717) is 31.7 Å². The lowest BCUT2D eigenvalue weighted by atomic mass is 10.0. The number of carbonyl (C=O) groups is 3. The highest BCUT2D eigenvalue weighted by Gasteiger charge is 2.48. The average molecular weight is 606 g/mol. The minimum atomic E-state index is -2.37. The zero-order chi connectivity index (χ0) is 31.2. The zero-order valence-electron chi connectivity index (χ0n) is 26.2. The van der Waals surface area contributed by atoms with Crippen molar-refractivity contribution in [2.24, 2.45) is 5.92 Å². The normalized spacial score (nSPS) is 20.9. The Morgan fingerprint density at radius 2 is 1.58 bits per heavy atom. The van der Waals surface area contributed by atoms with Gasteiger partial charge in [-0.2, -0.15) is 0 Å². The van der Waals surface area contributed by atoms with Crippen LogP contribution in [0.3, 0.4) is 0 Å². The van der Waals surface area contributed by atoms with Crippen LogP contribution >= 0.6 is 0 Å². The van der Waals surface area contributed by atoms with Crippen LogP contribution in [0.15, 0.2) is 42.5 Å². The van der Waals surface area contributed by atoms with Crippen LogP contribution in [-0.4, -0.2) is 76.6 Å². The lowest BCUT2D eigenvalue weighted by molar-refractivity contribution is -0.119. The number of nitrogens with one attached hydrogen (secondary N) is 2. The molecule has 0 bridgehead atoms. The quantitative estimate of drug-likeness (QED) is 0.361. The molecule has 2 aliphatic heterocycles. The van der Waals surface area contributed by atoms with Crippen molar-refractivity contribution in [1.82, 2.24) is 19.4 Å². The lowest BCUT2D eigenvalue weighted by Gasteiger charge is -2.33. The van der Waals surface area contributed by atoms with Gasteiger partial charge in [0.25, 0.3) is 0 Å². The molecule has 2 atom stereocenters. The van der Waals surface area contributed by atoms with E-state index in [9.17, 15) is 14.4 Å². The van der Waals surface area contributed by atoms with E-state index >= 15 is 0 Å². The Balaban J connectivity index is 1.25. The molecular weight excluding hydrogens is 562 g/mol. The fourth-order valence-electron chi connectivity index (χ4n) is 5.72. The molecule has 0 saturated carbocycles. The molecule has 0 radical (unpaired) electrons. The van der Waals surface area contributed by atoms with Gasteiger partial charge in [0.2, 0.25) is 14.1 Å². The molecule has 3 amide bonds. The Hall–Kier alpha value is -3.86. The van der Waals surface area contributed by atoms with E-state index in [-0.39, 0.29) is 24.0 Å². The van der Waals surface area contributed by atoms with E-state index in [4.69, 9.17) is 14.5 Å². The number of likely N-dealkylation sites (tertiary alicyclic amines) is 1. The highest BCUT2D eigenvalue weighted by Crippen LogP contribution is 2.30. The molecule has 10 nitrogen and oxygen atoms in total. The standard InChI is InChI=1S/C32H43N5O5Si/c1-31(2,3)41-29(39)36-17-15-23(20-36)27(38)33-24-12-9-21(10-13-24)22-11-14-25-26(19-22)35-28(34-25)43(7)18-8-16-37(43)30(40)42-32(4,5)6/h9-14,19,23H,8,15-18,20H2,1-7H3,(H,33,38)(H,34,35). The molecule has 2 N–H and O–H groups in total. The van der Waals surface area contributed by atoms with E-state index in [0.717, 1.165) is 40.1 Å². The summed E-state index contributed by atoms with van der Waals surface area (Å²) in [7, 11) is -2.37. The highest BCUT2D eigenvalue weighted by atomic mass is 28.3. The molecule has 2 aliphatic rings. The van der Waals surface area contributed by atoms with Crippen molar-refractivity contribution >= 4 is 48.5 Å². The summed E-state index contributed by atoms with van der Waals surface area (Å²) in [6, 6.07) is 14.8. The van der Waals surface area contributed by atoms with Crippen molar-refractivity contribution in [3.8, 4) is 11.1 Å². The highest BCUT2D eigenvalue weighted by molar-refractivity contribution is 6.89. The Bertz CT molecular complexity index is 1520. The molecule has 3 aromatic rings. The second-order valence-corrected chi connectivity index (χ2v) is 17.9. The van der Waals surface area contributed by atoms with E-state index in [1.807, 2.05) is 82.5 Å². The number of fused-ring (bicyclic) bond motifs is 1. The molecule has 2 fully saturated rings. The van der Waals surface area contributed by atoms with Crippen molar-refractivity contribution in [3.05, 3.63) is 42.5 Å². The molecule has 43 heavy (non-hydrogen) atoms. The molecule has 2 saturated heterocycles. The van der Waals surface area contributed by atoms with Crippen LogP contribution in [0.2, 0.25) is 12.6 Å². The van der Waals surface area contributed by atoms with Gasteiger partial charge in [0.05, 0.1) is 17.0 Å². The number of hydrogen-bond acceptors (Lipinski definition) is 6. The van der Waals surface area contributed by atoms with Gasteiger partial charge < -0.3 is 29.2 Å². The molecule has 5 rings (SSSR count). The van der Waals surface area contributed by atoms with Crippen LogP contribution in [0.1, 0.15) is 54.4 Å². The average Bonchev–Trinajstić information content (AvgIpc) is 3.65. The van der Waals surface area contributed by atoms with Gasteiger partial charge in [0, 0.05) is 25.3 Å². The number of anilines is 1. The topological polar surface area (TPSA) is 117 Å². The summed E-state index contributed by atoms with van der Waals surface area (Å²) in [6.07, 6.45) is 0.900. The summed E-state index contributed by atoms with van der Waals surface area (Å²) >= 11 is 0. The number of carbonyl (C=O) groups excluding carboxylic acids is 3. The van der Waals surface area contributed by atoms with Crippen molar-refractivity contribution < 1.29 is 23.9 Å². The van der Waals surface area contributed by atoms with Crippen molar-refractivity contribution in [3.63, 3.8) is 0 Å². The Kier molecular flexibility index (Phi) is 8.06. The lowest BCUT2D eigenvalue weighted by Crippen LogP contribution is -2.60. The second-order valence-electron chi connectivity index (χ2n) is 13.8. The van der Waals surface area contributed by atoms with Gasteiger partial charge in [-0.15, -0.1) is 0 Å². The van der Waals surface area contributed by atoms with Gasteiger partial charge in [0.15, 0.2) is 0 Å². The first-order chi connectivity index (χ1) is 20.1. The molecule has 1 aromatic heterocycles. The number of imidazole rings is 1. The first-order valence-corrected chi connectivity index (χ1v) is 17.7. The number of amides is 3. The summed E-state index contributed by atoms with van der Waals surface area (Å²) in [4.78, 5) is 48.3. The SMILES string of the molecule is CC(C)(C)OC(=O)N1CCC(C(=O)Nc2ccc(-c3ccc4nc([Si]5(C)CCCN5C(=O)OC(C)(C)C)[nH]c4c3)cc2)C1. The van der Waals surface area contributed by atoms with Gasteiger partial charge in [-0.05, 0) is 102 Å². The number of aromatic amines is 1. The number of aromatic nitrogens is 2. The van der Waals surface area contributed by atoms with Crippen LogP contribution in [-0.2, 0) is 14.3 Å². The fraction of sp³-hybridized carbons (Fsp3) is 0.500. The molecule has 11 heteroatoms. The van der Waals surface area contributed by atoms with Crippen LogP contribution < -0.4 is 10.8 Å². The Labute approximate surface area is 254 Å². The maximum atomic E-state index is 13.0. The molecule has 0 aliphatic carbocycles. The third kappa shape index (κ3) is 6.87. The Morgan fingerprint density at radius 3 is 2.26 bits per heavy atom. The summed E-state index contributed by atoms with van der Waals surface area (Å²) in [5, 5.41) is 2.99. The smallest absolute Gasteiger partial charge is 0.410 e. The third-order valence-corrected chi connectivity index (χ3v) is 12.1. The number of H-pyrrole nitrogens is 1. The van der Waals surface area contributed by atoms with Gasteiger partial charge >= 0.3 is 12.2 Å². The number of hydrogen-bond donors (Lipinski definition) is 2. The summed E-state index contributed by atoms with van der Waals surface area (Å²) in [6.45, 7) is 14.9. The molecule has 3 heterocycles. The first-order valence-electron chi connectivity index (χ1n) is 15.0. The van der Waals surface area contributed by atoms with Crippen molar-refractivity contribution in [1.29, 1.82) is 0 Å². The minimum Gasteiger partial charge on any atom is -0.444 e. The van der Waals surface area contributed by atoms with Crippen LogP contribution in [0.25, 0.3) is 22.2 Å².